The van der Waals surface area contributed by atoms with Crippen LogP contribution in [-0.2, 0) is 23.1 Å². The number of amides is 1. The number of aliphatic carboxylic acids is 1. The number of nitrogens with one attached hydrogen (secondary N) is 1. The van der Waals surface area contributed by atoms with Gasteiger partial charge in [0.05, 0.1) is 0 Å². The largest absolute Gasteiger partial charge is 0.481 e. The second-order valence-corrected chi connectivity index (χ2v) is 5.22. The summed E-state index contributed by atoms with van der Waals surface area (Å²) in [6.45, 7) is 2.00. The van der Waals surface area contributed by atoms with Gasteiger partial charge in [-0.05, 0) is 44.7 Å². The molecule has 0 fully saturated rings. The normalized spacial score (nSPS) is 12.1. The van der Waals surface area contributed by atoms with Crippen molar-refractivity contribution in [1.82, 2.24) is 9.88 Å². The van der Waals surface area contributed by atoms with Crippen molar-refractivity contribution in [2.75, 3.05) is 0 Å². The summed E-state index contributed by atoms with van der Waals surface area (Å²) in [4.78, 5) is 22.0. The predicted molar refractivity (Wildman–Crippen MR) is 77.4 cm³/mol. The molecular weight excluding hydrogens is 256 g/mol. The third-order valence-electron chi connectivity index (χ3n) is 3.34. The molecule has 0 aliphatic rings. The van der Waals surface area contributed by atoms with Crippen LogP contribution in [0.3, 0.4) is 0 Å². The van der Waals surface area contributed by atoms with E-state index in [9.17, 15) is 9.59 Å². The number of aryl methyl sites for hydroxylation is 2. The first-order valence-corrected chi connectivity index (χ1v) is 7.10. The summed E-state index contributed by atoms with van der Waals surface area (Å²) in [5.74, 6) is -0.795. The monoisotopic (exact) mass is 280 g/mol. The number of nitrogens with zero attached hydrogens (tertiary/aromatic N) is 1. The van der Waals surface area contributed by atoms with E-state index in [2.05, 4.69) is 16.0 Å². The number of hydrogen-bond acceptors (Lipinski definition) is 2. The van der Waals surface area contributed by atoms with Crippen LogP contribution < -0.4 is 5.32 Å². The Balaban J connectivity index is 2.15. The van der Waals surface area contributed by atoms with Crippen molar-refractivity contribution < 1.29 is 14.7 Å². The van der Waals surface area contributed by atoms with Crippen LogP contribution in [0, 0.1) is 0 Å². The number of carboxylic acids is 1. The van der Waals surface area contributed by atoms with Gasteiger partial charge >= 0.3 is 5.97 Å². The summed E-state index contributed by atoms with van der Waals surface area (Å²) in [6, 6.07) is 4.23. The second kappa shape index (κ2) is 8.40. The van der Waals surface area contributed by atoms with E-state index in [1.807, 2.05) is 26.2 Å². The average molecular weight is 280 g/mol. The Morgan fingerprint density at radius 1 is 1.35 bits per heavy atom. The number of carbonyl (C=O) groups excluding carboxylic acids is 1. The van der Waals surface area contributed by atoms with E-state index >= 15 is 0 Å². The Morgan fingerprint density at radius 2 is 2.05 bits per heavy atom. The molecule has 5 nitrogen and oxygen atoms in total. The lowest BCUT2D eigenvalue weighted by atomic mass is 10.1. The topological polar surface area (TPSA) is 71.3 Å². The molecule has 0 saturated carbocycles. The summed E-state index contributed by atoms with van der Waals surface area (Å²) < 4.78 is 2.08. The first kappa shape index (κ1) is 16.3. The molecule has 0 bridgehead atoms. The van der Waals surface area contributed by atoms with Gasteiger partial charge < -0.3 is 15.0 Å². The van der Waals surface area contributed by atoms with E-state index in [1.165, 1.54) is 5.69 Å². The van der Waals surface area contributed by atoms with Crippen molar-refractivity contribution in [3.05, 3.63) is 24.0 Å². The molecule has 20 heavy (non-hydrogen) atoms. The maximum absolute atomic E-state index is 11.7. The Labute approximate surface area is 120 Å². The predicted octanol–water partition coefficient (Wildman–Crippen LogP) is 2.11. The molecule has 0 radical (unpaired) electrons. The fourth-order valence-electron chi connectivity index (χ4n) is 2.10. The lowest BCUT2D eigenvalue weighted by molar-refractivity contribution is -0.137. The van der Waals surface area contributed by atoms with Crippen molar-refractivity contribution in [2.45, 2.75) is 51.5 Å². The lowest BCUT2D eigenvalue weighted by Gasteiger charge is -2.14. The summed E-state index contributed by atoms with van der Waals surface area (Å²) in [7, 11) is 2.01. The van der Waals surface area contributed by atoms with Crippen LogP contribution in [0.2, 0.25) is 0 Å². The third-order valence-corrected chi connectivity index (χ3v) is 3.34. The Bertz CT molecular complexity index is 440. The van der Waals surface area contributed by atoms with Crippen molar-refractivity contribution >= 4 is 11.9 Å². The maximum Gasteiger partial charge on any atom is 0.303 e. The number of unbranched alkanes of at least 4 members (excludes halogenated alkanes) is 1. The number of aromatic nitrogens is 1. The van der Waals surface area contributed by atoms with E-state index in [4.69, 9.17) is 5.11 Å². The van der Waals surface area contributed by atoms with E-state index in [0.29, 0.717) is 19.3 Å². The summed E-state index contributed by atoms with van der Waals surface area (Å²) >= 11 is 0. The molecule has 1 unspecified atom stereocenters. The van der Waals surface area contributed by atoms with Crippen molar-refractivity contribution in [3.8, 4) is 0 Å². The molecule has 0 saturated heterocycles. The standard InChI is InChI=1S/C15H24N2O3/c1-12(9-10-13-6-5-11-17(13)2)16-14(18)7-3-4-8-15(19)20/h5-6,11-12H,3-4,7-10H2,1-2H3,(H,16,18)(H,19,20). The van der Waals surface area contributed by atoms with Gasteiger partial charge in [-0.2, -0.15) is 0 Å². The molecule has 112 valence electrons. The van der Waals surface area contributed by atoms with Gasteiger partial charge in [-0.3, -0.25) is 9.59 Å². The summed E-state index contributed by atoms with van der Waals surface area (Å²) in [5.41, 5.74) is 1.26. The molecule has 1 heterocycles. The van der Waals surface area contributed by atoms with Gasteiger partial charge in [0.25, 0.3) is 0 Å². The van der Waals surface area contributed by atoms with Gasteiger partial charge in [0.1, 0.15) is 0 Å². The first-order valence-electron chi connectivity index (χ1n) is 7.10. The number of carboxylic acid groups (broad SMARTS) is 1. The van der Waals surface area contributed by atoms with Crippen LogP contribution in [0.1, 0.15) is 44.7 Å². The van der Waals surface area contributed by atoms with Gasteiger partial charge in [0, 0.05) is 37.8 Å². The molecule has 0 aromatic carbocycles. The second-order valence-electron chi connectivity index (χ2n) is 5.22. The molecule has 0 aliphatic carbocycles. The minimum absolute atomic E-state index is 0.00905. The average Bonchev–Trinajstić information content (AvgIpc) is 2.77. The molecule has 1 atom stereocenters. The minimum Gasteiger partial charge on any atom is -0.481 e. The Hall–Kier alpha value is -1.78. The zero-order valence-corrected chi connectivity index (χ0v) is 12.3. The highest BCUT2D eigenvalue weighted by atomic mass is 16.4. The summed E-state index contributed by atoms with van der Waals surface area (Å²) in [6.07, 6.45) is 5.57. The molecular formula is C15H24N2O3. The van der Waals surface area contributed by atoms with E-state index in [0.717, 1.165) is 12.8 Å². The van der Waals surface area contributed by atoms with Crippen LogP contribution in [-0.4, -0.2) is 27.6 Å². The highest BCUT2D eigenvalue weighted by Crippen LogP contribution is 2.06. The van der Waals surface area contributed by atoms with E-state index in [1.54, 1.807) is 0 Å². The SMILES string of the molecule is CC(CCc1cccn1C)NC(=O)CCCCC(=O)O. The smallest absolute Gasteiger partial charge is 0.303 e. The van der Waals surface area contributed by atoms with Crippen molar-refractivity contribution in [2.24, 2.45) is 7.05 Å². The first-order chi connectivity index (χ1) is 9.49. The fraction of sp³-hybridized carbons (Fsp3) is 0.600. The molecule has 1 aromatic rings. The Morgan fingerprint density at radius 3 is 2.65 bits per heavy atom. The maximum atomic E-state index is 11.7. The van der Waals surface area contributed by atoms with Gasteiger partial charge in [-0.1, -0.05) is 0 Å². The quantitative estimate of drug-likeness (QED) is 0.680. The number of rotatable bonds is 9. The van der Waals surface area contributed by atoms with Gasteiger partial charge in [-0.15, -0.1) is 0 Å². The summed E-state index contributed by atoms with van der Waals surface area (Å²) in [5, 5.41) is 11.5. The Kier molecular flexibility index (Phi) is 6.84. The van der Waals surface area contributed by atoms with Crippen molar-refractivity contribution in [1.29, 1.82) is 0 Å². The highest BCUT2D eigenvalue weighted by molar-refractivity contribution is 5.76. The fourth-order valence-corrected chi connectivity index (χ4v) is 2.10. The van der Waals surface area contributed by atoms with Crippen molar-refractivity contribution in [3.63, 3.8) is 0 Å². The molecule has 0 aliphatic heterocycles. The number of carbonyl (C=O) groups is 2. The van der Waals surface area contributed by atoms with E-state index in [-0.39, 0.29) is 18.4 Å². The zero-order valence-electron chi connectivity index (χ0n) is 12.3. The molecule has 1 amide bonds. The molecule has 1 rings (SSSR count). The van der Waals surface area contributed by atoms with Crippen LogP contribution in [0.25, 0.3) is 0 Å². The molecule has 0 spiro atoms. The minimum atomic E-state index is -0.804. The third kappa shape index (κ3) is 6.41. The highest BCUT2D eigenvalue weighted by Gasteiger charge is 2.08. The zero-order chi connectivity index (χ0) is 15.0. The molecule has 1 aromatic heterocycles. The van der Waals surface area contributed by atoms with Crippen LogP contribution in [0.5, 0.6) is 0 Å². The number of hydrogen-bond donors (Lipinski definition) is 2. The van der Waals surface area contributed by atoms with Gasteiger partial charge in [0.15, 0.2) is 0 Å². The molecule has 2 N–H and O–H groups in total. The van der Waals surface area contributed by atoms with Crippen LogP contribution in [0.15, 0.2) is 18.3 Å². The van der Waals surface area contributed by atoms with Crippen LogP contribution >= 0.6 is 0 Å². The van der Waals surface area contributed by atoms with Gasteiger partial charge in [0.2, 0.25) is 5.91 Å². The van der Waals surface area contributed by atoms with Gasteiger partial charge in [-0.25, -0.2) is 0 Å². The van der Waals surface area contributed by atoms with Crippen LogP contribution in [0.4, 0.5) is 0 Å². The lowest BCUT2D eigenvalue weighted by Crippen LogP contribution is -2.32. The molecule has 5 heteroatoms. The van der Waals surface area contributed by atoms with E-state index < -0.39 is 5.97 Å².